The number of rotatable bonds is 1. The molecule has 2 aliphatic rings. The second-order valence-electron chi connectivity index (χ2n) is 6.72. The fourth-order valence-electron chi connectivity index (χ4n) is 3.89. The predicted octanol–water partition coefficient (Wildman–Crippen LogP) is 3.74. The number of fused-ring (bicyclic) bond motifs is 2. The Hall–Kier alpha value is -2.70. The molecule has 1 atom stereocenters. The van der Waals surface area contributed by atoms with Gasteiger partial charge in [-0.1, -0.05) is 47.5 Å². The van der Waals surface area contributed by atoms with E-state index >= 15 is 0 Å². The van der Waals surface area contributed by atoms with Gasteiger partial charge in [-0.15, -0.1) is 0 Å². The number of hydrogen-bond donors (Lipinski definition) is 0. The normalized spacial score (nSPS) is 20.6. The van der Waals surface area contributed by atoms with Crippen LogP contribution in [0.4, 0.5) is 5.69 Å². The third-order valence-corrected chi connectivity index (χ3v) is 5.56. The Labute approximate surface area is 171 Å². The van der Waals surface area contributed by atoms with Gasteiger partial charge in [0.15, 0.2) is 5.54 Å². The Morgan fingerprint density at radius 3 is 2.43 bits per heavy atom. The molecule has 0 radical (unpaired) electrons. The first-order valence-electron chi connectivity index (χ1n) is 8.55. The Bertz CT molecular complexity index is 1080. The SMILES string of the molecule is CC(=O)N1C(=O)[C@]2(CC(c3ccc(Cl)cc3Cl)=NN2C(C)=O)c2ccccc21. The first-order valence-corrected chi connectivity index (χ1v) is 9.31. The van der Waals surface area contributed by atoms with Crippen molar-refractivity contribution in [3.63, 3.8) is 0 Å². The second kappa shape index (κ2) is 6.43. The van der Waals surface area contributed by atoms with Gasteiger partial charge in [-0.05, 0) is 18.2 Å². The highest BCUT2D eigenvalue weighted by molar-refractivity contribution is 6.37. The maximum absolute atomic E-state index is 13.4. The van der Waals surface area contributed by atoms with Crippen molar-refractivity contribution < 1.29 is 14.4 Å². The zero-order valence-corrected chi connectivity index (χ0v) is 16.6. The molecule has 6 nitrogen and oxygen atoms in total. The molecule has 28 heavy (non-hydrogen) atoms. The predicted molar refractivity (Wildman–Crippen MR) is 106 cm³/mol. The Balaban J connectivity index is 1.91. The van der Waals surface area contributed by atoms with Crippen molar-refractivity contribution in [2.75, 3.05) is 4.90 Å². The third-order valence-electron chi connectivity index (χ3n) is 5.01. The monoisotopic (exact) mass is 415 g/mol. The van der Waals surface area contributed by atoms with Gasteiger partial charge in [0.25, 0.3) is 5.91 Å². The molecule has 142 valence electrons. The quantitative estimate of drug-likeness (QED) is 0.711. The molecule has 0 aromatic heterocycles. The first kappa shape index (κ1) is 18.7. The molecule has 1 spiro atoms. The molecule has 3 amide bonds. The number of amides is 3. The minimum Gasteiger partial charge on any atom is -0.274 e. The summed E-state index contributed by atoms with van der Waals surface area (Å²) in [5.41, 5.74) is 0.678. The van der Waals surface area contributed by atoms with E-state index in [1.165, 1.54) is 13.8 Å². The summed E-state index contributed by atoms with van der Waals surface area (Å²) in [5.74, 6) is -1.33. The van der Waals surface area contributed by atoms with Crippen molar-refractivity contribution in [1.82, 2.24) is 5.01 Å². The number of hydrogen-bond acceptors (Lipinski definition) is 4. The molecular weight excluding hydrogens is 401 g/mol. The van der Waals surface area contributed by atoms with E-state index in [2.05, 4.69) is 5.10 Å². The van der Waals surface area contributed by atoms with Crippen LogP contribution in [0.1, 0.15) is 31.4 Å². The van der Waals surface area contributed by atoms with E-state index in [1.807, 2.05) is 0 Å². The van der Waals surface area contributed by atoms with E-state index in [1.54, 1.807) is 42.5 Å². The summed E-state index contributed by atoms with van der Waals surface area (Å²) in [6.45, 7) is 2.66. The number of hydrazone groups is 1. The van der Waals surface area contributed by atoms with Crippen LogP contribution in [0.5, 0.6) is 0 Å². The van der Waals surface area contributed by atoms with E-state index in [9.17, 15) is 14.4 Å². The van der Waals surface area contributed by atoms with Crippen molar-refractivity contribution >= 4 is 52.3 Å². The third kappa shape index (κ3) is 2.48. The highest BCUT2D eigenvalue weighted by atomic mass is 35.5. The molecule has 0 aliphatic carbocycles. The second-order valence-corrected chi connectivity index (χ2v) is 7.56. The first-order chi connectivity index (χ1) is 13.3. The average molecular weight is 416 g/mol. The molecule has 0 unspecified atom stereocenters. The number of carbonyl (C=O) groups is 3. The Morgan fingerprint density at radius 1 is 1.07 bits per heavy atom. The fourth-order valence-corrected chi connectivity index (χ4v) is 4.40. The zero-order chi connectivity index (χ0) is 20.2. The van der Waals surface area contributed by atoms with Crippen LogP contribution in [0.2, 0.25) is 10.0 Å². The van der Waals surface area contributed by atoms with Crippen LogP contribution in [0, 0.1) is 0 Å². The van der Waals surface area contributed by atoms with Crippen LogP contribution in [0.25, 0.3) is 0 Å². The molecule has 2 aromatic carbocycles. The number of nitrogens with zero attached hydrogens (tertiary/aromatic N) is 3. The molecule has 2 aliphatic heterocycles. The van der Waals surface area contributed by atoms with Crippen LogP contribution in [-0.2, 0) is 19.9 Å². The van der Waals surface area contributed by atoms with E-state index in [0.717, 1.165) is 9.91 Å². The van der Waals surface area contributed by atoms with Gasteiger partial charge in [0.05, 0.1) is 16.4 Å². The summed E-state index contributed by atoms with van der Waals surface area (Å²) >= 11 is 12.3. The largest absolute Gasteiger partial charge is 0.274 e. The van der Waals surface area contributed by atoms with Crippen LogP contribution in [0.15, 0.2) is 47.6 Å². The van der Waals surface area contributed by atoms with Crippen molar-refractivity contribution in [3.05, 3.63) is 63.6 Å². The topological polar surface area (TPSA) is 70.1 Å². The van der Waals surface area contributed by atoms with Crippen LogP contribution >= 0.6 is 23.2 Å². The van der Waals surface area contributed by atoms with E-state index in [4.69, 9.17) is 23.2 Å². The standard InChI is InChI=1S/C20H15Cl2N3O3/c1-11(26)24-18-6-4-3-5-15(18)20(19(24)28)10-17(23-25(20)12(2)27)14-8-7-13(21)9-16(14)22/h3-9H,10H2,1-2H3/t20-/m0/s1. The summed E-state index contributed by atoms with van der Waals surface area (Å²) in [6.07, 6.45) is 0.105. The van der Waals surface area contributed by atoms with Gasteiger partial charge in [-0.3, -0.25) is 14.4 Å². The maximum atomic E-state index is 13.4. The van der Waals surface area contributed by atoms with E-state index < -0.39 is 23.3 Å². The van der Waals surface area contributed by atoms with Gasteiger partial charge < -0.3 is 0 Å². The highest BCUT2D eigenvalue weighted by Crippen LogP contribution is 2.50. The molecule has 2 aromatic rings. The van der Waals surface area contributed by atoms with Crippen LogP contribution < -0.4 is 4.90 Å². The molecule has 0 fully saturated rings. The average Bonchev–Trinajstić information content (AvgIpc) is 3.14. The fraction of sp³-hybridized carbons (Fsp3) is 0.200. The lowest BCUT2D eigenvalue weighted by Crippen LogP contribution is -2.51. The lowest BCUT2D eigenvalue weighted by molar-refractivity contribution is -0.144. The molecule has 2 heterocycles. The smallest absolute Gasteiger partial charge is 0.266 e. The summed E-state index contributed by atoms with van der Waals surface area (Å²) in [5, 5.41) is 6.44. The number of imide groups is 1. The zero-order valence-electron chi connectivity index (χ0n) is 15.1. The van der Waals surface area contributed by atoms with Crippen LogP contribution in [-0.4, -0.2) is 28.4 Å². The molecule has 0 N–H and O–H groups in total. The van der Waals surface area contributed by atoms with Crippen molar-refractivity contribution in [2.45, 2.75) is 25.8 Å². The molecule has 8 heteroatoms. The van der Waals surface area contributed by atoms with Gasteiger partial charge in [0, 0.05) is 36.4 Å². The molecule has 0 saturated heterocycles. The number of para-hydroxylation sites is 1. The molecule has 4 rings (SSSR count). The maximum Gasteiger partial charge on any atom is 0.266 e. The van der Waals surface area contributed by atoms with Gasteiger partial charge in [0.1, 0.15) is 0 Å². The highest BCUT2D eigenvalue weighted by Gasteiger charge is 2.60. The van der Waals surface area contributed by atoms with E-state index in [0.29, 0.717) is 32.6 Å². The lowest BCUT2D eigenvalue weighted by Gasteiger charge is -2.30. The molecule has 0 saturated carbocycles. The number of benzene rings is 2. The van der Waals surface area contributed by atoms with Gasteiger partial charge in [-0.25, -0.2) is 9.91 Å². The van der Waals surface area contributed by atoms with Crippen molar-refractivity contribution in [3.8, 4) is 0 Å². The van der Waals surface area contributed by atoms with Gasteiger partial charge in [-0.2, -0.15) is 5.10 Å². The number of anilines is 1. The molecular formula is C20H15Cl2N3O3. The summed E-state index contributed by atoms with van der Waals surface area (Å²) < 4.78 is 0. The minimum atomic E-state index is -1.41. The summed E-state index contributed by atoms with van der Waals surface area (Å²) in [4.78, 5) is 39.2. The molecule has 0 bridgehead atoms. The van der Waals surface area contributed by atoms with Crippen LogP contribution in [0.3, 0.4) is 0 Å². The minimum absolute atomic E-state index is 0.105. The van der Waals surface area contributed by atoms with Gasteiger partial charge >= 0.3 is 0 Å². The Morgan fingerprint density at radius 2 is 1.79 bits per heavy atom. The number of carbonyl (C=O) groups excluding carboxylic acids is 3. The van der Waals surface area contributed by atoms with Crippen molar-refractivity contribution in [2.24, 2.45) is 5.10 Å². The van der Waals surface area contributed by atoms with Gasteiger partial charge in [0.2, 0.25) is 11.8 Å². The lowest BCUT2D eigenvalue weighted by atomic mass is 9.85. The van der Waals surface area contributed by atoms with E-state index in [-0.39, 0.29) is 6.42 Å². The number of halogens is 2. The Kier molecular flexibility index (Phi) is 4.28. The summed E-state index contributed by atoms with van der Waals surface area (Å²) in [6, 6.07) is 11.9. The summed E-state index contributed by atoms with van der Waals surface area (Å²) in [7, 11) is 0. The van der Waals surface area contributed by atoms with Crippen molar-refractivity contribution in [1.29, 1.82) is 0 Å².